The Hall–Kier alpha value is -0.120. The Balaban J connectivity index is 2.25. The Labute approximate surface area is 93.5 Å². The van der Waals surface area contributed by atoms with Gasteiger partial charge in [0.1, 0.15) is 0 Å². The first-order valence-corrected chi connectivity index (χ1v) is 5.92. The van der Waals surface area contributed by atoms with Gasteiger partial charge in [-0.1, -0.05) is 0 Å². The fourth-order valence-corrected chi connectivity index (χ4v) is 2.15. The Morgan fingerprint density at radius 1 is 1.53 bits per heavy atom. The molecule has 0 amide bonds. The van der Waals surface area contributed by atoms with Gasteiger partial charge >= 0.3 is 0 Å². The van der Waals surface area contributed by atoms with E-state index in [0.717, 1.165) is 32.5 Å². The molecule has 1 aliphatic rings. The second-order valence-electron chi connectivity index (χ2n) is 5.15. The molecule has 0 spiro atoms. The third-order valence-corrected chi connectivity index (χ3v) is 2.97. The number of nitrogens with one attached hydrogen (secondary N) is 1. The summed E-state index contributed by atoms with van der Waals surface area (Å²) >= 11 is 0. The van der Waals surface area contributed by atoms with Crippen molar-refractivity contribution in [3.05, 3.63) is 0 Å². The summed E-state index contributed by atoms with van der Waals surface area (Å²) in [5.74, 6) is 0. The molecule has 1 N–H and O–H groups in total. The predicted molar refractivity (Wildman–Crippen MR) is 62.1 cm³/mol. The predicted octanol–water partition coefficient (Wildman–Crippen LogP) is 1.96. The molecular formula is C12H25NO2. The molecule has 2 atom stereocenters. The molecule has 1 aliphatic heterocycles. The Bertz CT molecular complexity index is 182. The maximum Gasteiger partial charge on any atom is 0.0641 e. The van der Waals surface area contributed by atoms with E-state index >= 15 is 0 Å². The summed E-state index contributed by atoms with van der Waals surface area (Å²) in [6, 6.07) is 1.13. The molecule has 15 heavy (non-hydrogen) atoms. The number of hydrogen-bond donors (Lipinski definition) is 1. The van der Waals surface area contributed by atoms with Crippen molar-refractivity contribution in [1.82, 2.24) is 5.32 Å². The minimum absolute atomic E-state index is 0.0386. The van der Waals surface area contributed by atoms with E-state index in [1.807, 2.05) is 0 Å². The van der Waals surface area contributed by atoms with Crippen LogP contribution in [0.2, 0.25) is 0 Å². The van der Waals surface area contributed by atoms with Gasteiger partial charge in [-0.05, 0) is 40.0 Å². The minimum Gasteiger partial charge on any atom is -0.385 e. The van der Waals surface area contributed by atoms with Gasteiger partial charge in [0.25, 0.3) is 0 Å². The third-order valence-electron chi connectivity index (χ3n) is 2.97. The smallest absolute Gasteiger partial charge is 0.0641 e. The summed E-state index contributed by atoms with van der Waals surface area (Å²) in [7, 11) is 1.75. The van der Waals surface area contributed by atoms with Gasteiger partial charge in [-0.15, -0.1) is 0 Å². The van der Waals surface area contributed by atoms with Gasteiger partial charge < -0.3 is 14.8 Å². The molecule has 0 aromatic carbocycles. The van der Waals surface area contributed by atoms with Crippen LogP contribution < -0.4 is 5.32 Å². The lowest BCUT2D eigenvalue weighted by atomic mass is 9.93. The molecule has 1 fully saturated rings. The molecule has 0 saturated carbocycles. The summed E-state index contributed by atoms with van der Waals surface area (Å²) in [6.45, 7) is 8.27. The highest BCUT2D eigenvalue weighted by Crippen LogP contribution is 2.24. The molecule has 0 aromatic heterocycles. The highest BCUT2D eigenvalue weighted by Gasteiger charge is 2.29. The van der Waals surface area contributed by atoms with Crippen LogP contribution in [0.4, 0.5) is 0 Å². The largest absolute Gasteiger partial charge is 0.385 e. The maximum absolute atomic E-state index is 5.69. The average Bonchev–Trinajstić information content (AvgIpc) is 2.13. The van der Waals surface area contributed by atoms with E-state index in [9.17, 15) is 0 Å². The van der Waals surface area contributed by atoms with Gasteiger partial charge in [-0.2, -0.15) is 0 Å². The molecule has 2 unspecified atom stereocenters. The van der Waals surface area contributed by atoms with Crippen LogP contribution in [0.5, 0.6) is 0 Å². The average molecular weight is 215 g/mol. The van der Waals surface area contributed by atoms with Crippen molar-refractivity contribution in [2.75, 3.05) is 20.3 Å². The molecule has 3 nitrogen and oxygen atoms in total. The van der Waals surface area contributed by atoms with E-state index in [-0.39, 0.29) is 5.60 Å². The molecule has 1 heterocycles. The third kappa shape index (κ3) is 4.96. The SMILES string of the molecule is COCCC(C)NC1CCOC(C)(C)C1. The molecule has 90 valence electrons. The Morgan fingerprint density at radius 2 is 2.27 bits per heavy atom. The van der Waals surface area contributed by atoms with Crippen molar-refractivity contribution in [2.24, 2.45) is 0 Å². The number of hydrogen-bond acceptors (Lipinski definition) is 3. The monoisotopic (exact) mass is 215 g/mol. The molecule has 0 radical (unpaired) electrons. The highest BCUT2D eigenvalue weighted by molar-refractivity contribution is 4.84. The molecule has 0 aliphatic carbocycles. The van der Waals surface area contributed by atoms with Crippen molar-refractivity contribution in [3.8, 4) is 0 Å². The molecule has 3 heteroatoms. The quantitative estimate of drug-likeness (QED) is 0.760. The van der Waals surface area contributed by atoms with Crippen molar-refractivity contribution in [2.45, 2.75) is 57.7 Å². The lowest BCUT2D eigenvalue weighted by Crippen LogP contribution is -2.46. The van der Waals surface area contributed by atoms with Crippen LogP contribution in [0, 0.1) is 0 Å². The summed E-state index contributed by atoms with van der Waals surface area (Å²) in [5, 5.41) is 3.65. The van der Waals surface area contributed by atoms with Crippen LogP contribution in [0.3, 0.4) is 0 Å². The number of rotatable bonds is 5. The van der Waals surface area contributed by atoms with Gasteiger partial charge in [0, 0.05) is 32.4 Å². The lowest BCUT2D eigenvalue weighted by molar-refractivity contribution is -0.0641. The zero-order chi connectivity index (χ0) is 11.3. The first kappa shape index (κ1) is 12.9. The van der Waals surface area contributed by atoms with Crippen LogP contribution >= 0.6 is 0 Å². The first-order chi connectivity index (χ1) is 7.03. The zero-order valence-corrected chi connectivity index (χ0v) is 10.5. The highest BCUT2D eigenvalue weighted by atomic mass is 16.5. The van der Waals surface area contributed by atoms with Crippen molar-refractivity contribution < 1.29 is 9.47 Å². The second kappa shape index (κ2) is 5.83. The standard InChI is InChI=1S/C12H25NO2/c1-10(5-7-14-4)13-11-6-8-15-12(2,3)9-11/h10-11,13H,5-9H2,1-4H3. The Kier molecular flexibility index (Phi) is 5.03. The van der Waals surface area contributed by atoms with Crippen LogP contribution in [-0.4, -0.2) is 38.0 Å². The summed E-state index contributed by atoms with van der Waals surface area (Å²) in [4.78, 5) is 0. The molecule has 1 rings (SSSR count). The first-order valence-electron chi connectivity index (χ1n) is 5.92. The summed E-state index contributed by atoms with van der Waals surface area (Å²) < 4.78 is 10.8. The summed E-state index contributed by atoms with van der Waals surface area (Å²) in [6.07, 6.45) is 3.30. The Morgan fingerprint density at radius 3 is 2.87 bits per heavy atom. The van der Waals surface area contributed by atoms with E-state index < -0.39 is 0 Å². The van der Waals surface area contributed by atoms with Crippen LogP contribution in [0.25, 0.3) is 0 Å². The number of methoxy groups -OCH3 is 1. The minimum atomic E-state index is 0.0386. The fraction of sp³-hybridized carbons (Fsp3) is 1.00. The van der Waals surface area contributed by atoms with Crippen LogP contribution in [0.1, 0.15) is 40.0 Å². The fourth-order valence-electron chi connectivity index (χ4n) is 2.15. The van der Waals surface area contributed by atoms with E-state index in [2.05, 4.69) is 26.1 Å². The molecule has 0 bridgehead atoms. The topological polar surface area (TPSA) is 30.5 Å². The molecule has 1 saturated heterocycles. The van der Waals surface area contributed by atoms with Gasteiger partial charge in [-0.25, -0.2) is 0 Å². The normalized spacial score (nSPS) is 27.6. The van der Waals surface area contributed by atoms with Crippen molar-refractivity contribution >= 4 is 0 Å². The second-order valence-corrected chi connectivity index (χ2v) is 5.15. The van der Waals surface area contributed by atoms with E-state index in [4.69, 9.17) is 9.47 Å². The van der Waals surface area contributed by atoms with E-state index in [1.165, 1.54) is 0 Å². The lowest BCUT2D eigenvalue weighted by Gasteiger charge is -2.37. The zero-order valence-electron chi connectivity index (χ0n) is 10.5. The van der Waals surface area contributed by atoms with Gasteiger partial charge in [0.15, 0.2) is 0 Å². The molecular weight excluding hydrogens is 190 g/mol. The number of ether oxygens (including phenoxy) is 2. The van der Waals surface area contributed by atoms with Crippen LogP contribution in [-0.2, 0) is 9.47 Å². The van der Waals surface area contributed by atoms with Gasteiger partial charge in [-0.3, -0.25) is 0 Å². The van der Waals surface area contributed by atoms with Gasteiger partial charge in [0.05, 0.1) is 5.60 Å². The van der Waals surface area contributed by atoms with Gasteiger partial charge in [0.2, 0.25) is 0 Å². The van der Waals surface area contributed by atoms with Crippen LogP contribution in [0.15, 0.2) is 0 Å². The van der Waals surface area contributed by atoms with E-state index in [0.29, 0.717) is 12.1 Å². The summed E-state index contributed by atoms with van der Waals surface area (Å²) in [5.41, 5.74) is 0.0386. The molecule has 0 aromatic rings. The van der Waals surface area contributed by atoms with Crippen molar-refractivity contribution in [3.63, 3.8) is 0 Å². The van der Waals surface area contributed by atoms with E-state index in [1.54, 1.807) is 7.11 Å². The van der Waals surface area contributed by atoms with Crippen molar-refractivity contribution in [1.29, 1.82) is 0 Å². The maximum atomic E-state index is 5.69.